The third kappa shape index (κ3) is 5.44. The highest BCUT2D eigenvalue weighted by Gasteiger charge is 2.01. The van der Waals surface area contributed by atoms with Crippen LogP contribution in [-0.4, -0.2) is 56.0 Å². The van der Waals surface area contributed by atoms with Gasteiger partial charge in [-0.3, -0.25) is 15.0 Å². The number of pyridine rings is 1. The van der Waals surface area contributed by atoms with Crippen molar-refractivity contribution in [2.24, 2.45) is 9.98 Å². The smallest absolute Gasteiger partial charge is 0.219 e. The van der Waals surface area contributed by atoms with Crippen LogP contribution in [0.4, 0.5) is 0 Å². The molecule has 0 aromatic carbocycles. The van der Waals surface area contributed by atoms with Crippen LogP contribution in [0.25, 0.3) is 0 Å². The molecule has 2 aromatic rings. The van der Waals surface area contributed by atoms with E-state index in [4.69, 9.17) is 0 Å². The predicted molar refractivity (Wildman–Crippen MR) is 91.8 cm³/mol. The highest BCUT2D eigenvalue weighted by Crippen LogP contribution is 2.04. The summed E-state index contributed by atoms with van der Waals surface area (Å²) in [5.41, 5.74) is 2.66. The Morgan fingerprint density at radius 3 is 2.75 bits per heavy atom. The van der Waals surface area contributed by atoms with Crippen molar-refractivity contribution in [3.8, 4) is 0 Å². The van der Waals surface area contributed by atoms with E-state index in [9.17, 15) is 9.66 Å². The van der Waals surface area contributed by atoms with Crippen LogP contribution in [-0.2, 0) is 13.0 Å². The van der Waals surface area contributed by atoms with Gasteiger partial charge >= 0.3 is 0 Å². The maximum atomic E-state index is 11.3. The SMILES string of the molecule is CN=c1[nH][s+]([O-])[nH]c1=NC/C(O)=C\Cc1cccc(CN(C)C)n1. The van der Waals surface area contributed by atoms with Crippen molar-refractivity contribution < 1.29 is 9.66 Å². The van der Waals surface area contributed by atoms with E-state index in [2.05, 4.69) is 28.6 Å². The normalized spacial score (nSPS) is 14.7. The summed E-state index contributed by atoms with van der Waals surface area (Å²) in [4.78, 5) is 14.7. The number of nitrogens with one attached hydrogen (secondary N) is 2. The van der Waals surface area contributed by atoms with Gasteiger partial charge in [-0.15, -0.1) is 0 Å². The first-order chi connectivity index (χ1) is 11.5. The number of aromatic nitrogens is 3. The zero-order valence-electron chi connectivity index (χ0n) is 14.0. The van der Waals surface area contributed by atoms with Gasteiger partial charge in [0.05, 0.1) is 12.2 Å². The molecule has 0 aliphatic rings. The number of hydrogen-bond donors (Lipinski definition) is 3. The molecule has 0 spiro atoms. The first-order valence-corrected chi connectivity index (χ1v) is 8.57. The number of rotatable bonds is 6. The molecule has 2 aromatic heterocycles. The molecule has 2 rings (SSSR count). The van der Waals surface area contributed by atoms with Crippen LogP contribution >= 0.6 is 11.1 Å². The van der Waals surface area contributed by atoms with Gasteiger partial charge in [0.15, 0.2) is 0 Å². The van der Waals surface area contributed by atoms with Crippen LogP contribution in [0, 0.1) is 0 Å². The van der Waals surface area contributed by atoms with Gasteiger partial charge in [0, 0.05) is 25.7 Å². The monoisotopic (exact) mass is 350 g/mol. The van der Waals surface area contributed by atoms with E-state index in [0.717, 1.165) is 17.9 Å². The third-order valence-corrected chi connectivity index (χ3v) is 3.87. The Morgan fingerprint density at radius 2 is 2.04 bits per heavy atom. The fourth-order valence-electron chi connectivity index (χ4n) is 2.06. The maximum absolute atomic E-state index is 11.3. The van der Waals surface area contributed by atoms with Crippen molar-refractivity contribution in [3.63, 3.8) is 0 Å². The van der Waals surface area contributed by atoms with Crippen LogP contribution in [0.3, 0.4) is 0 Å². The lowest BCUT2D eigenvalue weighted by molar-refractivity contribution is 0.395. The number of aliphatic hydroxyl groups is 1. The number of hydrogen-bond acceptors (Lipinski definition) is 6. The van der Waals surface area contributed by atoms with Gasteiger partial charge in [-0.05, 0) is 32.3 Å². The number of nitrogens with zero attached hydrogens (tertiary/aromatic N) is 4. The van der Waals surface area contributed by atoms with E-state index in [1.807, 2.05) is 32.3 Å². The molecule has 130 valence electrons. The molecule has 0 amide bonds. The quantitative estimate of drug-likeness (QED) is 0.524. The zero-order chi connectivity index (χ0) is 17.5. The average Bonchev–Trinajstić information content (AvgIpc) is 2.90. The van der Waals surface area contributed by atoms with E-state index in [0.29, 0.717) is 17.4 Å². The van der Waals surface area contributed by atoms with Crippen molar-refractivity contribution in [1.29, 1.82) is 0 Å². The Labute approximate surface area is 143 Å². The van der Waals surface area contributed by atoms with Gasteiger partial charge in [0.2, 0.25) is 11.0 Å². The summed E-state index contributed by atoms with van der Waals surface area (Å²) in [5.74, 6) is 0.122. The van der Waals surface area contributed by atoms with Crippen molar-refractivity contribution in [3.05, 3.63) is 52.4 Å². The van der Waals surface area contributed by atoms with Crippen LogP contribution < -0.4 is 11.0 Å². The zero-order valence-corrected chi connectivity index (χ0v) is 14.8. The summed E-state index contributed by atoms with van der Waals surface area (Å²) >= 11 is -1.42. The van der Waals surface area contributed by atoms with Gasteiger partial charge in [0.25, 0.3) is 0 Å². The highest BCUT2D eigenvalue weighted by atomic mass is 32.2. The standard InChI is InChI=1S/C15H22N6O2S/c1-16-14-15(20-24(23)19-14)17-9-13(22)8-7-11-5-4-6-12(18-11)10-21(2)3/h4-6,8,22H,7,9-10H2,1-3H3,(H,16,19)(H,17,20)/b13-8+. The molecule has 0 aliphatic carbocycles. The summed E-state index contributed by atoms with van der Waals surface area (Å²) in [5, 5.41) is 9.96. The lowest BCUT2D eigenvalue weighted by Gasteiger charge is -2.09. The van der Waals surface area contributed by atoms with Crippen molar-refractivity contribution in [2.75, 3.05) is 27.7 Å². The minimum absolute atomic E-state index is 0.0810. The Morgan fingerprint density at radius 1 is 1.33 bits per heavy atom. The second-order valence-electron chi connectivity index (χ2n) is 5.47. The van der Waals surface area contributed by atoms with Crippen molar-refractivity contribution in [1.82, 2.24) is 18.6 Å². The molecule has 0 saturated carbocycles. The Kier molecular flexibility index (Phi) is 6.47. The van der Waals surface area contributed by atoms with E-state index >= 15 is 0 Å². The van der Waals surface area contributed by atoms with Gasteiger partial charge in [-0.25, -0.2) is 0 Å². The van der Waals surface area contributed by atoms with Crippen LogP contribution in [0.2, 0.25) is 0 Å². The highest BCUT2D eigenvalue weighted by molar-refractivity contribution is 7.13. The topological polar surface area (TPSA) is 116 Å². The van der Waals surface area contributed by atoms with E-state index in [-0.39, 0.29) is 12.3 Å². The van der Waals surface area contributed by atoms with Gasteiger partial charge in [-0.1, -0.05) is 6.07 Å². The molecular formula is C15H22N6O2S. The van der Waals surface area contributed by atoms with Crippen LogP contribution in [0.1, 0.15) is 11.4 Å². The maximum Gasteiger partial charge on any atom is 0.219 e. The minimum atomic E-state index is -1.42. The molecule has 0 bridgehead atoms. The number of H-pyrrole nitrogens is 2. The predicted octanol–water partition coefficient (Wildman–Crippen LogP) is 0.643. The molecule has 2 heterocycles. The molecule has 0 saturated heterocycles. The molecule has 3 N–H and O–H groups in total. The molecule has 9 heteroatoms. The van der Waals surface area contributed by atoms with E-state index < -0.39 is 11.1 Å². The van der Waals surface area contributed by atoms with Crippen molar-refractivity contribution >= 4 is 11.1 Å². The molecule has 0 fully saturated rings. The lowest BCUT2D eigenvalue weighted by atomic mass is 10.2. The lowest BCUT2D eigenvalue weighted by Crippen LogP contribution is -2.25. The molecule has 0 aliphatic heterocycles. The first-order valence-electron chi connectivity index (χ1n) is 7.42. The van der Waals surface area contributed by atoms with E-state index in [1.165, 1.54) is 0 Å². The Bertz CT molecular complexity index is 831. The average molecular weight is 350 g/mol. The van der Waals surface area contributed by atoms with Crippen LogP contribution in [0.15, 0.2) is 40.0 Å². The Balaban J connectivity index is 2.04. The number of allylic oxidation sites excluding steroid dienone is 1. The molecule has 1 atom stereocenters. The third-order valence-electron chi connectivity index (χ3n) is 3.12. The molecule has 0 radical (unpaired) electrons. The largest absolute Gasteiger partial charge is 0.549 e. The summed E-state index contributed by atoms with van der Waals surface area (Å²) in [6.07, 6.45) is 2.19. The second-order valence-corrected chi connectivity index (χ2v) is 6.41. The summed E-state index contributed by atoms with van der Waals surface area (Å²) < 4.78 is 16.6. The number of aromatic amines is 2. The fraction of sp³-hybridized carbons (Fsp3) is 0.400. The molecular weight excluding hydrogens is 328 g/mol. The fourth-order valence-corrected chi connectivity index (χ4v) is 2.81. The van der Waals surface area contributed by atoms with Crippen molar-refractivity contribution in [2.45, 2.75) is 13.0 Å². The summed E-state index contributed by atoms with van der Waals surface area (Å²) in [6.45, 7) is 0.851. The van der Waals surface area contributed by atoms with Gasteiger partial charge < -0.3 is 14.6 Å². The molecule has 8 nitrogen and oxygen atoms in total. The van der Waals surface area contributed by atoms with Gasteiger partial charge in [0.1, 0.15) is 16.9 Å². The summed E-state index contributed by atoms with van der Waals surface area (Å²) in [6, 6.07) is 5.85. The first kappa shape index (κ1) is 18.1. The molecule has 1 unspecified atom stereocenters. The summed E-state index contributed by atoms with van der Waals surface area (Å²) in [7, 11) is 5.56. The Hall–Kier alpha value is -2.23. The van der Waals surface area contributed by atoms with E-state index in [1.54, 1.807) is 13.1 Å². The van der Waals surface area contributed by atoms with Gasteiger partial charge in [-0.2, -0.15) is 8.75 Å². The van der Waals surface area contributed by atoms with Crippen LogP contribution in [0.5, 0.6) is 0 Å². The minimum Gasteiger partial charge on any atom is -0.549 e. The molecule has 24 heavy (non-hydrogen) atoms. The number of aliphatic hydroxyl groups excluding tert-OH is 1. The second kappa shape index (κ2) is 8.57.